The van der Waals surface area contributed by atoms with Gasteiger partial charge in [0.05, 0.1) is 12.4 Å². The molecule has 0 unspecified atom stereocenters. The molecule has 3 rings (SSSR count). The highest BCUT2D eigenvalue weighted by Gasteiger charge is 2.13. The van der Waals surface area contributed by atoms with Crippen molar-refractivity contribution in [3.63, 3.8) is 0 Å². The fraction of sp³-hybridized carbons (Fsp3) is 0.333. The molecule has 1 saturated heterocycles. The van der Waals surface area contributed by atoms with Gasteiger partial charge in [0.2, 0.25) is 5.95 Å². The SMILES string of the molecule is Fc1ccccc1Oc1cnc(N2CCCCC2)nc1. The number of aromatic nitrogens is 2. The van der Waals surface area contributed by atoms with Crippen molar-refractivity contribution in [3.8, 4) is 11.5 Å². The average Bonchev–Trinajstić information content (AvgIpc) is 2.51. The quantitative estimate of drug-likeness (QED) is 0.859. The third-order valence-corrected chi connectivity index (χ3v) is 3.32. The Kier molecular flexibility index (Phi) is 3.76. The second-order valence-electron chi connectivity index (χ2n) is 4.80. The molecule has 20 heavy (non-hydrogen) atoms. The Hall–Kier alpha value is -2.17. The molecular weight excluding hydrogens is 257 g/mol. The molecule has 0 N–H and O–H groups in total. The third-order valence-electron chi connectivity index (χ3n) is 3.32. The monoisotopic (exact) mass is 273 g/mol. The molecule has 1 aromatic carbocycles. The van der Waals surface area contributed by atoms with Gasteiger partial charge in [0, 0.05) is 13.1 Å². The normalized spacial score (nSPS) is 15.2. The van der Waals surface area contributed by atoms with Gasteiger partial charge in [0.1, 0.15) is 0 Å². The molecule has 0 atom stereocenters. The molecule has 4 nitrogen and oxygen atoms in total. The fourth-order valence-electron chi connectivity index (χ4n) is 2.27. The Labute approximate surface area is 117 Å². The number of hydrogen-bond donors (Lipinski definition) is 0. The van der Waals surface area contributed by atoms with Crippen molar-refractivity contribution in [3.05, 3.63) is 42.5 Å². The van der Waals surface area contributed by atoms with E-state index in [0.717, 1.165) is 13.1 Å². The summed E-state index contributed by atoms with van der Waals surface area (Å²) >= 11 is 0. The molecule has 0 aliphatic carbocycles. The van der Waals surface area contributed by atoms with Crippen molar-refractivity contribution in [1.29, 1.82) is 0 Å². The lowest BCUT2D eigenvalue weighted by Gasteiger charge is -2.26. The smallest absolute Gasteiger partial charge is 0.225 e. The molecule has 1 aliphatic rings. The predicted molar refractivity (Wildman–Crippen MR) is 74.6 cm³/mol. The first kappa shape index (κ1) is 12.8. The first-order chi connectivity index (χ1) is 9.83. The maximum absolute atomic E-state index is 13.5. The number of anilines is 1. The lowest BCUT2D eigenvalue weighted by Crippen LogP contribution is -2.30. The van der Waals surface area contributed by atoms with E-state index in [4.69, 9.17) is 4.74 Å². The lowest BCUT2D eigenvalue weighted by atomic mass is 10.1. The standard InChI is InChI=1S/C15H16FN3O/c16-13-6-2-3-7-14(13)20-12-10-17-15(18-11-12)19-8-4-1-5-9-19/h2-3,6-7,10-11H,1,4-5,8-9H2. The van der Waals surface area contributed by atoms with Crippen LogP contribution in [0.2, 0.25) is 0 Å². The fourth-order valence-corrected chi connectivity index (χ4v) is 2.27. The summed E-state index contributed by atoms with van der Waals surface area (Å²) in [6.45, 7) is 1.99. The van der Waals surface area contributed by atoms with Crippen molar-refractivity contribution >= 4 is 5.95 Å². The minimum absolute atomic E-state index is 0.182. The van der Waals surface area contributed by atoms with E-state index in [-0.39, 0.29) is 5.75 Å². The lowest BCUT2D eigenvalue weighted by molar-refractivity contribution is 0.438. The Bertz CT molecular complexity index is 568. The minimum Gasteiger partial charge on any atom is -0.451 e. The molecule has 2 heterocycles. The summed E-state index contributed by atoms with van der Waals surface area (Å²) in [5.41, 5.74) is 0. The molecule has 0 saturated carbocycles. The highest BCUT2D eigenvalue weighted by molar-refractivity contribution is 5.34. The third kappa shape index (κ3) is 2.87. The van der Waals surface area contributed by atoms with Crippen LogP contribution in [-0.4, -0.2) is 23.1 Å². The number of para-hydroxylation sites is 1. The topological polar surface area (TPSA) is 38.2 Å². The van der Waals surface area contributed by atoms with E-state index in [1.165, 1.54) is 25.3 Å². The Morgan fingerprint density at radius 3 is 2.40 bits per heavy atom. The molecule has 1 aliphatic heterocycles. The maximum Gasteiger partial charge on any atom is 0.225 e. The molecule has 1 fully saturated rings. The number of nitrogens with zero attached hydrogens (tertiary/aromatic N) is 3. The van der Waals surface area contributed by atoms with E-state index >= 15 is 0 Å². The minimum atomic E-state index is -0.396. The van der Waals surface area contributed by atoms with E-state index in [2.05, 4.69) is 14.9 Å². The Balaban J connectivity index is 1.71. The summed E-state index contributed by atoms with van der Waals surface area (Å²) in [5.74, 6) is 0.941. The van der Waals surface area contributed by atoms with Gasteiger partial charge in [-0.3, -0.25) is 0 Å². The molecule has 0 bridgehead atoms. The summed E-state index contributed by atoms with van der Waals surface area (Å²) in [5, 5.41) is 0. The van der Waals surface area contributed by atoms with Crippen molar-refractivity contribution in [2.45, 2.75) is 19.3 Å². The van der Waals surface area contributed by atoms with E-state index in [1.807, 2.05) is 0 Å². The van der Waals surface area contributed by atoms with Crippen molar-refractivity contribution in [2.75, 3.05) is 18.0 Å². The summed E-state index contributed by atoms with van der Waals surface area (Å²) < 4.78 is 18.9. The van der Waals surface area contributed by atoms with E-state index < -0.39 is 5.82 Å². The summed E-state index contributed by atoms with van der Waals surface area (Å²) in [6, 6.07) is 6.28. The van der Waals surface area contributed by atoms with Gasteiger partial charge in [-0.25, -0.2) is 14.4 Å². The Morgan fingerprint density at radius 2 is 1.70 bits per heavy atom. The molecule has 5 heteroatoms. The molecule has 2 aromatic rings. The number of ether oxygens (including phenoxy) is 1. The average molecular weight is 273 g/mol. The number of benzene rings is 1. The van der Waals surface area contributed by atoms with Crippen LogP contribution in [0.3, 0.4) is 0 Å². The van der Waals surface area contributed by atoms with E-state index in [1.54, 1.807) is 30.6 Å². The predicted octanol–water partition coefficient (Wildman–Crippen LogP) is 3.40. The summed E-state index contributed by atoms with van der Waals surface area (Å²) in [7, 11) is 0. The molecule has 104 valence electrons. The van der Waals surface area contributed by atoms with E-state index in [0.29, 0.717) is 11.7 Å². The van der Waals surface area contributed by atoms with Gasteiger partial charge in [0.25, 0.3) is 0 Å². The zero-order valence-corrected chi connectivity index (χ0v) is 11.1. The largest absolute Gasteiger partial charge is 0.451 e. The highest BCUT2D eigenvalue weighted by atomic mass is 19.1. The van der Waals surface area contributed by atoms with Crippen molar-refractivity contribution in [1.82, 2.24) is 9.97 Å². The number of rotatable bonds is 3. The van der Waals surface area contributed by atoms with Crippen LogP contribution in [0.5, 0.6) is 11.5 Å². The second kappa shape index (κ2) is 5.86. The van der Waals surface area contributed by atoms with Gasteiger partial charge in [0.15, 0.2) is 17.3 Å². The first-order valence-electron chi connectivity index (χ1n) is 6.82. The molecular formula is C15H16FN3O. The van der Waals surface area contributed by atoms with Crippen LogP contribution in [-0.2, 0) is 0 Å². The van der Waals surface area contributed by atoms with Crippen molar-refractivity contribution in [2.24, 2.45) is 0 Å². The van der Waals surface area contributed by atoms with Gasteiger partial charge in [-0.2, -0.15) is 0 Å². The van der Waals surface area contributed by atoms with Crippen LogP contribution in [0.1, 0.15) is 19.3 Å². The van der Waals surface area contributed by atoms with Gasteiger partial charge in [-0.15, -0.1) is 0 Å². The van der Waals surface area contributed by atoms with Crippen LogP contribution < -0.4 is 9.64 Å². The van der Waals surface area contributed by atoms with E-state index in [9.17, 15) is 4.39 Å². The molecule has 1 aromatic heterocycles. The summed E-state index contributed by atoms with van der Waals surface area (Å²) in [6.07, 6.45) is 6.80. The Morgan fingerprint density at radius 1 is 1.00 bits per heavy atom. The molecule has 0 amide bonds. The number of halogens is 1. The van der Waals surface area contributed by atoms with Gasteiger partial charge in [-0.1, -0.05) is 12.1 Å². The van der Waals surface area contributed by atoms with Crippen LogP contribution in [0.15, 0.2) is 36.7 Å². The van der Waals surface area contributed by atoms with Gasteiger partial charge >= 0.3 is 0 Å². The molecule has 0 radical (unpaired) electrons. The molecule has 0 spiro atoms. The van der Waals surface area contributed by atoms with Gasteiger partial charge in [-0.05, 0) is 31.4 Å². The van der Waals surface area contributed by atoms with Crippen LogP contribution >= 0.6 is 0 Å². The zero-order chi connectivity index (χ0) is 13.8. The summed E-state index contributed by atoms with van der Waals surface area (Å²) in [4.78, 5) is 10.8. The second-order valence-corrected chi connectivity index (χ2v) is 4.80. The highest BCUT2D eigenvalue weighted by Crippen LogP contribution is 2.24. The zero-order valence-electron chi connectivity index (χ0n) is 11.1. The van der Waals surface area contributed by atoms with Crippen molar-refractivity contribution < 1.29 is 9.13 Å². The van der Waals surface area contributed by atoms with Crippen LogP contribution in [0, 0.1) is 5.82 Å². The van der Waals surface area contributed by atoms with Crippen LogP contribution in [0.25, 0.3) is 0 Å². The van der Waals surface area contributed by atoms with Crippen LogP contribution in [0.4, 0.5) is 10.3 Å². The number of piperidine rings is 1. The first-order valence-corrected chi connectivity index (χ1v) is 6.82. The maximum atomic E-state index is 13.5. The number of hydrogen-bond acceptors (Lipinski definition) is 4. The van der Waals surface area contributed by atoms with Gasteiger partial charge < -0.3 is 9.64 Å².